The van der Waals surface area contributed by atoms with E-state index in [1.807, 2.05) is 0 Å². The fraction of sp³-hybridized carbons (Fsp3) is 0.500. The van der Waals surface area contributed by atoms with Gasteiger partial charge in [-0.2, -0.15) is 0 Å². The highest BCUT2D eigenvalue weighted by Crippen LogP contribution is 2.21. The van der Waals surface area contributed by atoms with Crippen LogP contribution in [0.2, 0.25) is 0 Å². The van der Waals surface area contributed by atoms with Crippen molar-refractivity contribution in [1.29, 1.82) is 0 Å². The van der Waals surface area contributed by atoms with E-state index in [9.17, 15) is 0 Å². The molecule has 0 amide bonds. The monoisotopic (exact) mass is 288 g/mol. The third-order valence-electron chi connectivity index (χ3n) is 2.51. The Balaban J connectivity index is 3.25. The Kier molecular flexibility index (Phi) is 4.23. The summed E-state index contributed by atoms with van der Waals surface area (Å²) >= 11 is 2.41. The third-order valence-corrected chi connectivity index (χ3v) is 3.14. The van der Waals surface area contributed by atoms with Crippen LogP contribution in [0.15, 0.2) is 12.1 Å². The zero-order chi connectivity index (χ0) is 9.84. The first-order valence-corrected chi connectivity index (χ1v) is 6.10. The van der Waals surface area contributed by atoms with E-state index in [2.05, 4.69) is 55.5 Å². The van der Waals surface area contributed by atoms with E-state index < -0.39 is 0 Å². The summed E-state index contributed by atoms with van der Waals surface area (Å²) in [4.78, 5) is 0. The van der Waals surface area contributed by atoms with Gasteiger partial charge in [-0.25, -0.2) is 0 Å². The van der Waals surface area contributed by atoms with E-state index in [0.29, 0.717) is 0 Å². The van der Waals surface area contributed by atoms with Gasteiger partial charge in [0.1, 0.15) is 0 Å². The molecule has 0 aliphatic carbocycles. The summed E-state index contributed by atoms with van der Waals surface area (Å²) in [5, 5.41) is 0. The average molecular weight is 288 g/mol. The highest BCUT2D eigenvalue weighted by atomic mass is 127. The minimum Gasteiger partial charge on any atom is -0.0613 e. The number of hydrogen-bond donors (Lipinski definition) is 0. The van der Waals surface area contributed by atoms with Crippen molar-refractivity contribution in [3.8, 4) is 0 Å². The molecule has 1 rings (SSSR count). The summed E-state index contributed by atoms with van der Waals surface area (Å²) in [5.74, 6) is 0. The normalized spacial score (nSPS) is 10.5. The Hall–Kier alpha value is -0.0500. The minimum atomic E-state index is 1.16. The fourth-order valence-electron chi connectivity index (χ4n) is 1.84. The van der Waals surface area contributed by atoms with Gasteiger partial charge in [-0.15, -0.1) is 0 Å². The molecular weight excluding hydrogens is 271 g/mol. The zero-order valence-electron chi connectivity index (χ0n) is 8.65. The molecule has 0 heterocycles. The van der Waals surface area contributed by atoms with Gasteiger partial charge in [0.05, 0.1) is 0 Å². The van der Waals surface area contributed by atoms with Gasteiger partial charge in [0.15, 0.2) is 0 Å². The number of rotatable bonds is 3. The van der Waals surface area contributed by atoms with E-state index in [1.165, 1.54) is 21.1 Å². The molecule has 0 nitrogen and oxygen atoms in total. The van der Waals surface area contributed by atoms with Crippen LogP contribution in [0.25, 0.3) is 0 Å². The molecule has 0 aliphatic rings. The van der Waals surface area contributed by atoms with Crippen molar-refractivity contribution in [2.75, 3.05) is 0 Å². The maximum Gasteiger partial charge on any atom is 0.0135 e. The van der Waals surface area contributed by atoms with Crippen LogP contribution >= 0.6 is 22.6 Å². The van der Waals surface area contributed by atoms with Crippen LogP contribution in [0.5, 0.6) is 0 Å². The number of halogens is 1. The summed E-state index contributed by atoms with van der Waals surface area (Å²) in [6.45, 7) is 6.73. The lowest BCUT2D eigenvalue weighted by Gasteiger charge is -2.12. The molecule has 0 N–H and O–H groups in total. The molecule has 1 heteroatoms. The lowest BCUT2D eigenvalue weighted by Crippen LogP contribution is -1.98. The van der Waals surface area contributed by atoms with Crippen molar-refractivity contribution >= 4 is 22.6 Å². The molecule has 0 aromatic heterocycles. The first-order chi connectivity index (χ1) is 6.22. The van der Waals surface area contributed by atoms with Gasteiger partial charge in [0.25, 0.3) is 0 Å². The Bertz CT molecular complexity index is 264. The SMILES string of the molecule is CCc1cc(I)cc(CC)c1CC. The van der Waals surface area contributed by atoms with Crippen LogP contribution in [-0.4, -0.2) is 0 Å². The van der Waals surface area contributed by atoms with E-state index in [-0.39, 0.29) is 0 Å². The second-order valence-corrected chi connectivity index (χ2v) is 4.51. The van der Waals surface area contributed by atoms with Crippen molar-refractivity contribution in [3.05, 3.63) is 32.4 Å². The first-order valence-electron chi connectivity index (χ1n) is 5.03. The lowest BCUT2D eigenvalue weighted by molar-refractivity contribution is 0.978. The summed E-state index contributed by atoms with van der Waals surface area (Å²) in [6, 6.07) is 4.64. The van der Waals surface area contributed by atoms with Crippen LogP contribution in [0.3, 0.4) is 0 Å². The molecule has 0 aliphatic heterocycles. The Morgan fingerprint density at radius 2 is 1.38 bits per heavy atom. The number of hydrogen-bond acceptors (Lipinski definition) is 0. The van der Waals surface area contributed by atoms with Gasteiger partial charge in [0.2, 0.25) is 0 Å². The van der Waals surface area contributed by atoms with Crippen LogP contribution in [0.1, 0.15) is 37.5 Å². The van der Waals surface area contributed by atoms with Crippen LogP contribution in [-0.2, 0) is 19.3 Å². The summed E-state index contributed by atoms with van der Waals surface area (Å²) in [7, 11) is 0. The maximum absolute atomic E-state index is 2.41. The minimum absolute atomic E-state index is 1.16. The number of aryl methyl sites for hydroxylation is 2. The number of benzene rings is 1. The van der Waals surface area contributed by atoms with Gasteiger partial charge in [-0.05, 0) is 70.7 Å². The molecule has 1 aromatic carbocycles. The Morgan fingerprint density at radius 3 is 1.69 bits per heavy atom. The van der Waals surface area contributed by atoms with E-state index >= 15 is 0 Å². The van der Waals surface area contributed by atoms with Crippen molar-refractivity contribution < 1.29 is 0 Å². The molecule has 0 atom stereocenters. The molecule has 0 radical (unpaired) electrons. The van der Waals surface area contributed by atoms with Crippen molar-refractivity contribution in [3.63, 3.8) is 0 Å². The van der Waals surface area contributed by atoms with Gasteiger partial charge in [-0.3, -0.25) is 0 Å². The van der Waals surface area contributed by atoms with Crippen LogP contribution in [0, 0.1) is 3.57 Å². The molecule has 0 unspecified atom stereocenters. The third kappa shape index (κ3) is 2.46. The molecule has 0 saturated carbocycles. The standard InChI is InChI=1S/C12H17I/c1-4-9-7-11(13)8-10(5-2)12(9)6-3/h7-8H,4-6H2,1-3H3. The van der Waals surface area contributed by atoms with Gasteiger partial charge in [0, 0.05) is 3.57 Å². The molecule has 0 spiro atoms. The second-order valence-electron chi connectivity index (χ2n) is 3.26. The quantitative estimate of drug-likeness (QED) is 0.738. The Labute approximate surface area is 94.9 Å². The topological polar surface area (TPSA) is 0 Å². The second kappa shape index (κ2) is 4.99. The van der Waals surface area contributed by atoms with E-state index in [1.54, 1.807) is 5.56 Å². The summed E-state index contributed by atoms with van der Waals surface area (Å²) in [5.41, 5.74) is 4.64. The van der Waals surface area contributed by atoms with Crippen molar-refractivity contribution in [1.82, 2.24) is 0 Å². The fourth-order valence-corrected chi connectivity index (χ4v) is 2.59. The predicted molar refractivity (Wildman–Crippen MR) is 67.3 cm³/mol. The van der Waals surface area contributed by atoms with Gasteiger partial charge < -0.3 is 0 Å². The predicted octanol–water partition coefficient (Wildman–Crippen LogP) is 3.98. The summed E-state index contributed by atoms with van der Waals surface area (Å²) < 4.78 is 1.38. The summed E-state index contributed by atoms with van der Waals surface area (Å²) in [6.07, 6.45) is 3.49. The first kappa shape index (κ1) is 11.0. The molecule has 13 heavy (non-hydrogen) atoms. The van der Waals surface area contributed by atoms with Crippen molar-refractivity contribution in [2.45, 2.75) is 40.0 Å². The maximum atomic E-state index is 2.41. The van der Waals surface area contributed by atoms with Crippen LogP contribution in [0.4, 0.5) is 0 Å². The largest absolute Gasteiger partial charge is 0.0613 e. The smallest absolute Gasteiger partial charge is 0.0135 e. The Morgan fingerprint density at radius 1 is 0.923 bits per heavy atom. The average Bonchev–Trinajstić information content (AvgIpc) is 2.16. The molecular formula is C12H17I. The highest BCUT2D eigenvalue weighted by molar-refractivity contribution is 14.1. The zero-order valence-corrected chi connectivity index (χ0v) is 10.8. The molecule has 1 aromatic rings. The van der Waals surface area contributed by atoms with E-state index in [4.69, 9.17) is 0 Å². The highest BCUT2D eigenvalue weighted by Gasteiger charge is 2.05. The van der Waals surface area contributed by atoms with Crippen molar-refractivity contribution in [2.24, 2.45) is 0 Å². The van der Waals surface area contributed by atoms with Gasteiger partial charge in [-0.1, -0.05) is 20.8 Å². The van der Waals surface area contributed by atoms with Gasteiger partial charge >= 0.3 is 0 Å². The van der Waals surface area contributed by atoms with E-state index in [0.717, 1.165) is 12.8 Å². The molecule has 0 fully saturated rings. The lowest BCUT2D eigenvalue weighted by atomic mass is 9.96. The molecule has 72 valence electrons. The van der Waals surface area contributed by atoms with Crippen LogP contribution < -0.4 is 0 Å². The molecule has 0 saturated heterocycles. The molecule has 0 bridgehead atoms.